The van der Waals surface area contributed by atoms with Crippen LogP contribution in [0.5, 0.6) is 0 Å². The van der Waals surface area contributed by atoms with E-state index in [0.717, 1.165) is 18.4 Å². The normalized spacial score (nSPS) is 25.3. The predicted octanol–water partition coefficient (Wildman–Crippen LogP) is 3.52. The Morgan fingerprint density at radius 2 is 1.53 bits per heavy atom. The molecule has 2 aliphatic rings. The van der Waals surface area contributed by atoms with E-state index in [-0.39, 0.29) is 11.6 Å². The molecule has 1 atom stereocenters. The minimum Gasteiger partial charge on any atom is -0.386 e. The van der Waals surface area contributed by atoms with Crippen LogP contribution in [0.15, 0.2) is 30.3 Å². The SMILES string of the molecule is O[C@@H](c1ccccc1)C1(N2CCCCC2)CCCC1. The van der Waals surface area contributed by atoms with Gasteiger partial charge in [-0.2, -0.15) is 0 Å². The Morgan fingerprint density at radius 1 is 0.895 bits per heavy atom. The summed E-state index contributed by atoms with van der Waals surface area (Å²) in [6, 6.07) is 10.3. The molecule has 1 aliphatic heterocycles. The van der Waals surface area contributed by atoms with E-state index in [0.29, 0.717) is 0 Å². The summed E-state index contributed by atoms with van der Waals surface area (Å²) in [6.07, 6.45) is 8.46. The van der Waals surface area contributed by atoms with Crippen molar-refractivity contribution >= 4 is 0 Å². The van der Waals surface area contributed by atoms with Crippen LogP contribution in [0.3, 0.4) is 0 Å². The fourth-order valence-electron chi connectivity index (χ4n) is 4.03. The Labute approximate surface area is 116 Å². The van der Waals surface area contributed by atoms with Crippen LogP contribution in [0.2, 0.25) is 0 Å². The van der Waals surface area contributed by atoms with Crippen molar-refractivity contribution in [2.75, 3.05) is 13.1 Å². The topological polar surface area (TPSA) is 23.5 Å². The van der Waals surface area contributed by atoms with E-state index in [1.54, 1.807) is 0 Å². The highest BCUT2D eigenvalue weighted by Gasteiger charge is 2.45. The largest absolute Gasteiger partial charge is 0.386 e. The molecular weight excluding hydrogens is 234 g/mol. The van der Waals surface area contributed by atoms with Crippen molar-refractivity contribution in [3.63, 3.8) is 0 Å². The maximum Gasteiger partial charge on any atom is 0.0973 e. The highest BCUT2D eigenvalue weighted by molar-refractivity contribution is 5.22. The molecule has 104 valence electrons. The lowest BCUT2D eigenvalue weighted by molar-refractivity contribution is -0.0405. The van der Waals surface area contributed by atoms with E-state index in [9.17, 15) is 5.11 Å². The molecule has 1 heterocycles. The summed E-state index contributed by atoms with van der Waals surface area (Å²) < 4.78 is 0. The molecule has 0 unspecified atom stereocenters. The number of rotatable bonds is 3. The third kappa shape index (κ3) is 2.44. The second-order valence-corrected chi connectivity index (χ2v) is 6.17. The van der Waals surface area contributed by atoms with Crippen LogP contribution >= 0.6 is 0 Å². The molecule has 0 radical (unpaired) electrons. The van der Waals surface area contributed by atoms with Crippen molar-refractivity contribution in [3.8, 4) is 0 Å². The molecule has 2 heteroatoms. The molecule has 3 rings (SSSR count). The Hall–Kier alpha value is -0.860. The first kappa shape index (κ1) is 13.1. The third-order valence-electron chi connectivity index (χ3n) is 5.08. The van der Waals surface area contributed by atoms with E-state index in [4.69, 9.17) is 0 Å². The Bertz CT molecular complexity index is 391. The molecule has 0 bridgehead atoms. The van der Waals surface area contributed by atoms with Gasteiger partial charge in [0.05, 0.1) is 11.6 Å². The first-order chi connectivity index (χ1) is 9.33. The molecule has 0 spiro atoms. The highest BCUT2D eigenvalue weighted by atomic mass is 16.3. The molecule has 1 saturated heterocycles. The summed E-state index contributed by atoms with van der Waals surface area (Å²) in [4.78, 5) is 2.60. The summed E-state index contributed by atoms with van der Waals surface area (Å²) in [6.45, 7) is 2.34. The molecule has 1 aromatic rings. The molecule has 1 aromatic carbocycles. The van der Waals surface area contributed by atoms with Gasteiger partial charge in [0.2, 0.25) is 0 Å². The standard InChI is InChI=1S/C17H25NO/c19-16(15-9-3-1-4-10-15)17(11-5-6-12-17)18-13-7-2-8-14-18/h1,3-4,9-10,16,19H,2,5-8,11-14H2/t16-/m0/s1. The van der Waals surface area contributed by atoms with Gasteiger partial charge < -0.3 is 5.11 Å². The number of nitrogens with zero attached hydrogens (tertiary/aromatic N) is 1. The number of hydrogen-bond donors (Lipinski definition) is 1. The summed E-state index contributed by atoms with van der Waals surface area (Å²) in [7, 11) is 0. The van der Waals surface area contributed by atoms with Crippen molar-refractivity contribution in [1.29, 1.82) is 0 Å². The molecule has 1 saturated carbocycles. The molecule has 2 nitrogen and oxygen atoms in total. The van der Waals surface area contributed by atoms with Gasteiger partial charge in [0.15, 0.2) is 0 Å². The lowest BCUT2D eigenvalue weighted by Gasteiger charge is -2.46. The second-order valence-electron chi connectivity index (χ2n) is 6.17. The third-order valence-corrected chi connectivity index (χ3v) is 5.08. The van der Waals surface area contributed by atoms with Crippen molar-refractivity contribution in [3.05, 3.63) is 35.9 Å². The number of hydrogen-bond acceptors (Lipinski definition) is 2. The first-order valence-corrected chi connectivity index (χ1v) is 7.81. The second kappa shape index (κ2) is 5.64. The zero-order chi connectivity index (χ0) is 13.1. The van der Waals surface area contributed by atoms with Crippen LogP contribution in [0, 0.1) is 0 Å². The van der Waals surface area contributed by atoms with Crippen LogP contribution in [0.1, 0.15) is 56.6 Å². The monoisotopic (exact) mass is 259 g/mol. The van der Waals surface area contributed by atoms with E-state index >= 15 is 0 Å². The molecule has 1 N–H and O–H groups in total. The Balaban J connectivity index is 1.87. The fourth-order valence-corrected chi connectivity index (χ4v) is 4.03. The maximum atomic E-state index is 11.0. The lowest BCUT2D eigenvalue weighted by atomic mass is 9.83. The summed E-state index contributed by atoms with van der Waals surface area (Å²) in [5.74, 6) is 0. The number of likely N-dealkylation sites (tertiary alicyclic amines) is 1. The van der Waals surface area contributed by atoms with Gasteiger partial charge in [0, 0.05) is 0 Å². The molecule has 19 heavy (non-hydrogen) atoms. The van der Waals surface area contributed by atoms with Crippen LogP contribution in [0.4, 0.5) is 0 Å². The minimum absolute atomic E-state index is 0.0156. The Morgan fingerprint density at radius 3 is 2.16 bits per heavy atom. The predicted molar refractivity (Wildman–Crippen MR) is 78.0 cm³/mol. The summed E-state index contributed by atoms with van der Waals surface area (Å²) >= 11 is 0. The molecular formula is C17H25NO. The minimum atomic E-state index is -0.325. The molecule has 2 fully saturated rings. The van der Waals surface area contributed by atoms with Crippen LogP contribution in [-0.2, 0) is 0 Å². The van der Waals surface area contributed by atoms with Gasteiger partial charge in [-0.3, -0.25) is 4.90 Å². The van der Waals surface area contributed by atoms with E-state index in [1.165, 1.54) is 45.2 Å². The van der Waals surface area contributed by atoms with Gasteiger partial charge >= 0.3 is 0 Å². The zero-order valence-electron chi connectivity index (χ0n) is 11.7. The molecule has 0 amide bonds. The zero-order valence-corrected chi connectivity index (χ0v) is 11.7. The summed E-state index contributed by atoms with van der Waals surface area (Å²) in [5.41, 5.74) is 1.11. The van der Waals surface area contributed by atoms with Crippen molar-refractivity contribution in [2.24, 2.45) is 0 Å². The number of piperidine rings is 1. The average molecular weight is 259 g/mol. The van der Waals surface area contributed by atoms with Crippen LogP contribution < -0.4 is 0 Å². The van der Waals surface area contributed by atoms with E-state index in [1.807, 2.05) is 18.2 Å². The van der Waals surface area contributed by atoms with Gasteiger partial charge in [-0.15, -0.1) is 0 Å². The smallest absolute Gasteiger partial charge is 0.0973 e. The average Bonchev–Trinajstić information content (AvgIpc) is 2.99. The van der Waals surface area contributed by atoms with E-state index in [2.05, 4.69) is 17.0 Å². The maximum absolute atomic E-state index is 11.0. The molecule has 0 aromatic heterocycles. The van der Waals surface area contributed by atoms with Gasteiger partial charge in [0.1, 0.15) is 0 Å². The highest BCUT2D eigenvalue weighted by Crippen LogP contribution is 2.45. The van der Waals surface area contributed by atoms with Gasteiger partial charge in [-0.25, -0.2) is 0 Å². The summed E-state index contributed by atoms with van der Waals surface area (Å²) in [5, 5.41) is 11.0. The number of benzene rings is 1. The van der Waals surface area contributed by atoms with Gasteiger partial charge in [0.25, 0.3) is 0 Å². The van der Waals surface area contributed by atoms with Gasteiger partial charge in [-0.1, -0.05) is 49.6 Å². The molecule has 1 aliphatic carbocycles. The number of aliphatic hydroxyl groups is 1. The number of aliphatic hydroxyl groups excluding tert-OH is 1. The Kier molecular flexibility index (Phi) is 3.90. The van der Waals surface area contributed by atoms with Crippen molar-refractivity contribution < 1.29 is 5.11 Å². The lowest BCUT2D eigenvalue weighted by Crippen LogP contribution is -2.53. The van der Waals surface area contributed by atoms with Crippen LogP contribution in [0.25, 0.3) is 0 Å². The fraction of sp³-hybridized carbons (Fsp3) is 0.647. The van der Waals surface area contributed by atoms with Crippen molar-refractivity contribution in [2.45, 2.75) is 56.6 Å². The van der Waals surface area contributed by atoms with E-state index < -0.39 is 0 Å². The first-order valence-electron chi connectivity index (χ1n) is 7.81. The van der Waals surface area contributed by atoms with Crippen LogP contribution in [-0.4, -0.2) is 28.6 Å². The van der Waals surface area contributed by atoms with Crippen molar-refractivity contribution in [1.82, 2.24) is 4.90 Å². The quantitative estimate of drug-likeness (QED) is 0.898. The van der Waals surface area contributed by atoms with Gasteiger partial charge in [-0.05, 0) is 44.3 Å².